The molecule has 4 heteroatoms. The Bertz CT molecular complexity index is 347. The van der Waals surface area contributed by atoms with Crippen LogP contribution >= 0.6 is 0 Å². The highest BCUT2D eigenvalue weighted by molar-refractivity contribution is 5.90. The van der Waals surface area contributed by atoms with Crippen molar-refractivity contribution >= 4 is 5.97 Å². The number of aromatic carboxylic acids is 1. The van der Waals surface area contributed by atoms with Crippen LogP contribution in [0.3, 0.4) is 0 Å². The second kappa shape index (κ2) is 4.11. The molecular weight excluding hydrogens is 182 g/mol. The second-order valence-electron chi connectivity index (χ2n) is 3.05. The van der Waals surface area contributed by atoms with Crippen LogP contribution in [0.25, 0.3) is 0 Å². The van der Waals surface area contributed by atoms with Gasteiger partial charge in [0.2, 0.25) is 0 Å². The normalized spacial score (nSPS) is 12.2. The van der Waals surface area contributed by atoms with E-state index in [1.165, 1.54) is 13.2 Å². The lowest BCUT2D eigenvalue weighted by molar-refractivity contribution is 0.0694. The van der Waals surface area contributed by atoms with Gasteiger partial charge in [-0.1, -0.05) is 6.07 Å². The largest absolute Gasteiger partial charge is 0.497 e. The number of methoxy groups -OCH3 is 1. The maximum absolute atomic E-state index is 10.9. The van der Waals surface area contributed by atoms with Crippen LogP contribution in [-0.2, 0) is 0 Å². The molecule has 14 heavy (non-hydrogen) atoms. The van der Waals surface area contributed by atoms with E-state index in [1.54, 1.807) is 19.1 Å². The van der Waals surface area contributed by atoms with Crippen molar-refractivity contribution in [2.45, 2.75) is 13.0 Å². The second-order valence-corrected chi connectivity index (χ2v) is 3.05. The van der Waals surface area contributed by atoms with Crippen LogP contribution in [0.5, 0.6) is 5.75 Å². The summed E-state index contributed by atoms with van der Waals surface area (Å²) in [5, 5.41) is 8.92. The molecule has 1 unspecified atom stereocenters. The van der Waals surface area contributed by atoms with Gasteiger partial charge in [-0.3, -0.25) is 0 Å². The highest BCUT2D eigenvalue weighted by atomic mass is 16.5. The lowest BCUT2D eigenvalue weighted by Crippen LogP contribution is -2.11. The molecule has 0 aliphatic heterocycles. The summed E-state index contributed by atoms with van der Waals surface area (Å²) in [5.74, 6) is -0.469. The molecule has 1 aromatic carbocycles. The van der Waals surface area contributed by atoms with Crippen molar-refractivity contribution < 1.29 is 14.6 Å². The summed E-state index contributed by atoms with van der Waals surface area (Å²) in [7, 11) is 1.49. The van der Waals surface area contributed by atoms with Crippen LogP contribution in [0.1, 0.15) is 28.9 Å². The van der Waals surface area contributed by atoms with Gasteiger partial charge in [0.1, 0.15) is 5.75 Å². The number of ether oxygens (including phenoxy) is 1. The topological polar surface area (TPSA) is 72.5 Å². The van der Waals surface area contributed by atoms with Crippen LogP contribution in [0.15, 0.2) is 18.2 Å². The lowest BCUT2D eigenvalue weighted by Gasteiger charge is -2.10. The number of hydrogen-bond acceptors (Lipinski definition) is 3. The summed E-state index contributed by atoms with van der Waals surface area (Å²) in [6.07, 6.45) is 0. The van der Waals surface area contributed by atoms with Gasteiger partial charge in [0.15, 0.2) is 0 Å². The Morgan fingerprint density at radius 3 is 2.64 bits per heavy atom. The van der Waals surface area contributed by atoms with Gasteiger partial charge >= 0.3 is 5.97 Å². The quantitative estimate of drug-likeness (QED) is 0.764. The number of rotatable bonds is 3. The number of carboxylic acid groups (broad SMARTS) is 1. The van der Waals surface area contributed by atoms with Gasteiger partial charge < -0.3 is 15.6 Å². The minimum Gasteiger partial charge on any atom is -0.497 e. The van der Waals surface area contributed by atoms with E-state index in [4.69, 9.17) is 15.6 Å². The molecule has 0 fully saturated rings. The monoisotopic (exact) mass is 195 g/mol. The summed E-state index contributed by atoms with van der Waals surface area (Å²) < 4.78 is 4.94. The SMILES string of the molecule is COc1ccc(C(C)N)c(C(=O)O)c1. The molecule has 0 heterocycles. The van der Waals surface area contributed by atoms with E-state index in [-0.39, 0.29) is 11.6 Å². The number of carboxylic acids is 1. The predicted molar refractivity (Wildman–Crippen MR) is 52.6 cm³/mol. The summed E-state index contributed by atoms with van der Waals surface area (Å²) in [6, 6.07) is 4.55. The average Bonchev–Trinajstić information content (AvgIpc) is 2.16. The van der Waals surface area contributed by atoms with Gasteiger partial charge in [0.05, 0.1) is 12.7 Å². The Morgan fingerprint density at radius 1 is 1.57 bits per heavy atom. The van der Waals surface area contributed by atoms with Gasteiger partial charge in [-0.2, -0.15) is 0 Å². The predicted octanol–water partition coefficient (Wildman–Crippen LogP) is 1.41. The Labute approximate surface area is 82.3 Å². The minimum absolute atomic E-state index is 0.194. The van der Waals surface area contributed by atoms with Gasteiger partial charge in [-0.15, -0.1) is 0 Å². The first-order chi connectivity index (χ1) is 6.56. The molecule has 0 saturated carbocycles. The highest BCUT2D eigenvalue weighted by Gasteiger charge is 2.13. The molecule has 0 aliphatic carbocycles. The molecule has 0 aromatic heterocycles. The highest BCUT2D eigenvalue weighted by Crippen LogP contribution is 2.21. The first-order valence-corrected chi connectivity index (χ1v) is 4.23. The van der Waals surface area contributed by atoms with Crippen molar-refractivity contribution in [2.75, 3.05) is 7.11 Å². The zero-order valence-corrected chi connectivity index (χ0v) is 8.15. The van der Waals surface area contributed by atoms with Crippen molar-refractivity contribution in [3.8, 4) is 5.75 Å². The Kier molecular flexibility index (Phi) is 3.09. The summed E-state index contributed by atoms with van der Waals surface area (Å²) in [5.41, 5.74) is 6.44. The third kappa shape index (κ3) is 2.03. The van der Waals surface area contributed by atoms with Crippen molar-refractivity contribution in [3.63, 3.8) is 0 Å². The third-order valence-corrected chi connectivity index (χ3v) is 1.98. The van der Waals surface area contributed by atoms with Gasteiger partial charge in [-0.05, 0) is 24.6 Å². The van der Waals surface area contributed by atoms with Crippen molar-refractivity contribution in [1.29, 1.82) is 0 Å². The number of nitrogens with two attached hydrogens (primary N) is 1. The molecule has 1 aromatic rings. The third-order valence-electron chi connectivity index (χ3n) is 1.98. The number of benzene rings is 1. The van der Waals surface area contributed by atoms with E-state index in [0.717, 1.165) is 0 Å². The molecule has 3 N–H and O–H groups in total. The zero-order valence-electron chi connectivity index (χ0n) is 8.15. The van der Waals surface area contributed by atoms with E-state index < -0.39 is 5.97 Å². The molecule has 1 atom stereocenters. The Balaban J connectivity index is 3.24. The maximum atomic E-state index is 10.9. The first-order valence-electron chi connectivity index (χ1n) is 4.23. The lowest BCUT2D eigenvalue weighted by atomic mass is 10.0. The van der Waals surface area contributed by atoms with Crippen LogP contribution in [0, 0.1) is 0 Å². The van der Waals surface area contributed by atoms with E-state index >= 15 is 0 Å². The summed E-state index contributed by atoms with van der Waals surface area (Å²) in [6.45, 7) is 1.74. The smallest absolute Gasteiger partial charge is 0.336 e. The van der Waals surface area contributed by atoms with Gasteiger partial charge in [-0.25, -0.2) is 4.79 Å². The van der Waals surface area contributed by atoms with E-state index in [9.17, 15) is 4.79 Å². The molecule has 0 radical (unpaired) electrons. The molecule has 0 saturated heterocycles. The molecule has 0 bridgehead atoms. The van der Waals surface area contributed by atoms with E-state index in [0.29, 0.717) is 11.3 Å². The number of carbonyl (C=O) groups is 1. The molecule has 76 valence electrons. The van der Waals surface area contributed by atoms with Gasteiger partial charge in [0, 0.05) is 6.04 Å². The van der Waals surface area contributed by atoms with Crippen molar-refractivity contribution in [1.82, 2.24) is 0 Å². The fourth-order valence-corrected chi connectivity index (χ4v) is 1.24. The maximum Gasteiger partial charge on any atom is 0.336 e. The standard InChI is InChI=1S/C10H13NO3/c1-6(11)8-4-3-7(14-2)5-9(8)10(12)13/h3-6H,11H2,1-2H3,(H,12,13). The van der Waals surface area contributed by atoms with Crippen LogP contribution in [0.2, 0.25) is 0 Å². The molecule has 4 nitrogen and oxygen atoms in total. The molecule has 0 aliphatic rings. The molecule has 1 rings (SSSR count). The van der Waals surface area contributed by atoms with Gasteiger partial charge in [0.25, 0.3) is 0 Å². The van der Waals surface area contributed by atoms with Crippen molar-refractivity contribution in [2.24, 2.45) is 5.73 Å². The van der Waals surface area contributed by atoms with Crippen molar-refractivity contribution in [3.05, 3.63) is 29.3 Å². The Morgan fingerprint density at radius 2 is 2.21 bits per heavy atom. The Hall–Kier alpha value is -1.55. The molecular formula is C10H13NO3. The summed E-state index contributed by atoms with van der Waals surface area (Å²) >= 11 is 0. The zero-order chi connectivity index (χ0) is 10.7. The minimum atomic E-state index is -0.990. The summed E-state index contributed by atoms with van der Waals surface area (Å²) in [4.78, 5) is 10.9. The van der Waals surface area contributed by atoms with Crippen LogP contribution in [0.4, 0.5) is 0 Å². The van der Waals surface area contributed by atoms with Crippen LogP contribution < -0.4 is 10.5 Å². The van der Waals surface area contributed by atoms with E-state index in [2.05, 4.69) is 0 Å². The average molecular weight is 195 g/mol. The van der Waals surface area contributed by atoms with E-state index in [1.807, 2.05) is 0 Å². The first kappa shape index (κ1) is 10.5. The molecule has 0 amide bonds. The fourth-order valence-electron chi connectivity index (χ4n) is 1.24. The fraction of sp³-hybridized carbons (Fsp3) is 0.300. The molecule has 0 spiro atoms. The van der Waals surface area contributed by atoms with Crippen LogP contribution in [-0.4, -0.2) is 18.2 Å². The number of hydrogen-bond donors (Lipinski definition) is 2.